The Labute approximate surface area is 152 Å². The van der Waals surface area contributed by atoms with Crippen LogP contribution in [0.4, 0.5) is 0 Å². The Balaban J connectivity index is -0.000000110. The lowest BCUT2D eigenvalue weighted by Crippen LogP contribution is -2.30. The van der Waals surface area contributed by atoms with E-state index in [4.69, 9.17) is 0 Å². The molecule has 140 valence electrons. The molecule has 1 aliphatic heterocycles. The maximum absolute atomic E-state index is 3.59. The molecule has 1 aliphatic rings. The Morgan fingerprint density at radius 3 is 1.50 bits per heavy atom. The number of likely N-dealkylation sites (tertiary alicyclic amines) is 1. The van der Waals surface area contributed by atoms with Gasteiger partial charge in [0.1, 0.15) is 0 Å². The molecular formula is C19H47BrN2. The van der Waals surface area contributed by atoms with Crippen molar-refractivity contribution in [3.8, 4) is 0 Å². The highest BCUT2D eigenvalue weighted by atomic mass is 79.9. The Morgan fingerprint density at radius 1 is 0.955 bits per heavy atom. The summed E-state index contributed by atoms with van der Waals surface area (Å²) in [6.07, 6.45) is 3.94. The third-order valence-electron chi connectivity index (χ3n) is 2.80. The molecule has 0 saturated carbocycles. The molecule has 0 aromatic heterocycles. The van der Waals surface area contributed by atoms with E-state index in [-0.39, 0.29) is 0 Å². The zero-order valence-electron chi connectivity index (χ0n) is 17.7. The van der Waals surface area contributed by atoms with Gasteiger partial charge < -0.3 is 9.80 Å². The molecule has 3 heteroatoms. The van der Waals surface area contributed by atoms with Crippen molar-refractivity contribution in [3.63, 3.8) is 0 Å². The van der Waals surface area contributed by atoms with Gasteiger partial charge in [0, 0.05) is 4.83 Å². The number of halogens is 1. The first kappa shape index (κ1) is 30.3. The van der Waals surface area contributed by atoms with Crippen LogP contribution < -0.4 is 0 Å². The second-order valence-electron chi connectivity index (χ2n) is 5.46. The molecule has 0 bridgehead atoms. The lowest BCUT2D eigenvalue weighted by atomic mass is 10.1. The Hall–Kier alpha value is 0.400. The van der Waals surface area contributed by atoms with Gasteiger partial charge in [-0.15, -0.1) is 0 Å². The number of nitrogens with zero attached hydrogens (tertiary/aromatic N) is 2. The fourth-order valence-electron chi connectivity index (χ4n) is 1.49. The molecule has 2 nitrogen and oxygen atoms in total. The summed E-state index contributed by atoms with van der Waals surface area (Å²) in [6, 6.07) is 0. The molecule has 0 amide bonds. The van der Waals surface area contributed by atoms with Crippen LogP contribution in [0.3, 0.4) is 0 Å². The molecule has 0 unspecified atom stereocenters. The van der Waals surface area contributed by atoms with Crippen LogP contribution >= 0.6 is 15.9 Å². The number of rotatable bonds is 3. The summed E-state index contributed by atoms with van der Waals surface area (Å²) < 4.78 is 0. The molecule has 0 atom stereocenters. The number of piperidine rings is 1. The Morgan fingerprint density at radius 2 is 1.32 bits per heavy atom. The summed E-state index contributed by atoms with van der Waals surface area (Å²) in [5.41, 5.74) is 0. The van der Waals surface area contributed by atoms with Crippen LogP contribution in [0.1, 0.15) is 74.7 Å². The quantitative estimate of drug-likeness (QED) is 0.540. The molecule has 1 saturated heterocycles. The standard InChI is InChI=1S/C7H17N.C6H12BrN.3C2H6/c1-7(2)5-6-8(3)4;1-8-4-2-6(7)3-5-8;3*1-2/h7H,5-6H2,1-4H3;6H,2-5H2,1H3;3*1-2H3. The summed E-state index contributed by atoms with van der Waals surface area (Å²) in [5, 5.41) is 0. The van der Waals surface area contributed by atoms with Crippen LogP contribution in [0.15, 0.2) is 0 Å². The van der Waals surface area contributed by atoms with E-state index in [9.17, 15) is 0 Å². The minimum absolute atomic E-state index is 0.790. The van der Waals surface area contributed by atoms with Gasteiger partial charge in [-0.1, -0.05) is 71.3 Å². The minimum atomic E-state index is 0.790. The van der Waals surface area contributed by atoms with Crippen molar-refractivity contribution < 1.29 is 0 Å². The lowest BCUT2D eigenvalue weighted by Gasteiger charge is -2.24. The average Bonchev–Trinajstić information content (AvgIpc) is 2.55. The van der Waals surface area contributed by atoms with Crippen LogP contribution in [-0.2, 0) is 0 Å². The topological polar surface area (TPSA) is 6.48 Å². The molecule has 0 spiro atoms. The summed E-state index contributed by atoms with van der Waals surface area (Å²) in [6.45, 7) is 20.2. The maximum atomic E-state index is 3.59. The van der Waals surface area contributed by atoms with Gasteiger partial charge in [0.2, 0.25) is 0 Å². The zero-order valence-corrected chi connectivity index (χ0v) is 19.3. The van der Waals surface area contributed by atoms with E-state index in [0.29, 0.717) is 0 Å². The van der Waals surface area contributed by atoms with E-state index in [2.05, 4.69) is 60.7 Å². The molecule has 1 rings (SSSR count). The molecule has 22 heavy (non-hydrogen) atoms. The summed E-state index contributed by atoms with van der Waals surface area (Å²) in [4.78, 5) is 5.39. The van der Waals surface area contributed by atoms with Crippen molar-refractivity contribution in [2.75, 3.05) is 40.8 Å². The predicted molar refractivity (Wildman–Crippen MR) is 111 cm³/mol. The Kier molecular flexibility index (Phi) is 36.2. The molecule has 0 aromatic carbocycles. The van der Waals surface area contributed by atoms with E-state index in [1.165, 1.54) is 38.9 Å². The first-order valence-electron chi connectivity index (χ1n) is 9.39. The highest BCUT2D eigenvalue weighted by Crippen LogP contribution is 2.15. The van der Waals surface area contributed by atoms with Gasteiger partial charge in [-0.25, -0.2) is 0 Å². The highest BCUT2D eigenvalue weighted by Gasteiger charge is 2.12. The first-order chi connectivity index (χ1) is 10.4. The monoisotopic (exact) mass is 382 g/mol. The summed E-state index contributed by atoms with van der Waals surface area (Å²) >= 11 is 3.59. The van der Waals surface area contributed by atoms with Crippen LogP contribution in [-0.4, -0.2) is 55.4 Å². The molecular weight excluding hydrogens is 336 g/mol. The third-order valence-corrected chi connectivity index (χ3v) is 3.72. The largest absolute Gasteiger partial charge is 0.309 e. The summed E-state index contributed by atoms with van der Waals surface area (Å²) in [5.74, 6) is 0.845. The molecule has 0 radical (unpaired) electrons. The minimum Gasteiger partial charge on any atom is -0.309 e. The van der Waals surface area contributed by atoms with Gasteiger partial charge >= 0.3 is 0 Å². The van der Waals surface area contributed by atoms with Crippen LogP contribution in [0.25, 0.3) is 0 Å². The van der Waals surface area contributed by atoms with Crippen molar-refractivity contribution in [2.24, 2.45) is 5.92 Å². The predicted octanol–water partition coefficient (Wildman–Crippen LogP) is 6.15. The normalized spacial score (nSPS) is 14.5. The number of alkyl halides is 1. The molecule has 0 N–H and O–H groups in total. The van der Waals surface area contributed by atoms with Crippen molar-refractivity contribution in [2.45, 2.75) is 79.5 Å². The zero-order chi connectivity index (χ0) is 18.6. The van der Waals surface area contributed by atoms with Crippen molar-refractivity contribution in [1.82, 2.24) is 9.80 Å². The van der Waals surface area contributed by atoms with E-state index in [0.717, 1.165) is 10.7 Å². The summed E-state index contributed by atoms with van der Waals surface area (Å²) in [7, 11) is 6.41. The van der Waals surface area contributed by atoms with E-state index < -0.39 is 0 Å². The van der Waals surface area contributed by atoms with Gasteiger partial charge in [-0.2, -0.15) is 0 Å². The fourth-order valence-corrected chi connectivity index (χ4v) is 1.90. The molecule has 1 heterocycles. The van der Waals surface area contributed by atoms with Crippen molar-refractivity contribution >= 4 is 15.9 Å². The Bertz CT molecular complexity index is 136. The van der Waals surface area contributed by atoms with Gasteiger partial charge in [0.25, 0.3) is 0 Å². The van der Waals surface area contributed by atoms with Gasteiger partial charge in [-0.05, 0) is 66.0 Å². The van der Waals surface area contributed by atoms with E-state index in [1.807, 2.05) is 41.5 Å². The second kappa shape index (κ2) is 26.3. The van der Waals surface area contributed by atoms with Gasteiger partial charge in [0.15, 0.2) is 0 Å². The average molecular weight is 384 g/mol. The smallest absolute Gasteiger partial charge is 0.0170 e. The highest BCUT2D eigenvalue weighted by molar-refractivity contribution is 9.09. The van der Waals surface area contributed by atoms with Gasteiger partial charge in [-0.3, -0.25) is 0 Å². The third kappa shape index (κ3) is 32.4. The van der Waals surface area contributed by atoms with E-state index in [1.54, 1.807) is 0 Å². The fraction of sp³-hybridized carbons (Fsp3) is 1.00. The van der Waals surface area contributed by atoms with Crippen molar-refractivity contribution in [1.29, 1.82) is 0 Å². The SMILES string of the molecule is CC.CC.CC.CC(C)CCN(C)C.CN1CCC(Br)CC1. The maximum Gasteiger partial charge on any atom is 0.0170 e. The van der Waals surface area contributed by atoms with Crippen LogP contribution in [0.5, 0.6) is 0 Å². The van der Waals surface area contributed by atoms with Gasteiger partial charge in [0.05, 0.1) is 0 Å². The molecule has 1 fully saturated rings. The lowest BCUT2D eigenvalue weighted by molar-refractivity contribution is 0.284. The van der Waals surface area contributed by atoms with Crippen LogP contribution in [0.2, 0.25) is 0 Å². The van der Waals surface area contributed by atoms with E-state index >= 15 is 0 Å². The first-order valence-corrected chi connectivity index (χ1v) is 10.3. The number of hydrogen-bond donors (Lipinski definition) is 0. The molecule has 0 aromatic rings. The number of hydrogen-bond acceptors (Lipinski definition) is 2. The van der Waals surface area contributed by atoms with Crippen LogP contribution in [0, 0.1) is 5.92 Å². The molecule has 0 aliphatic carbocycles. The van der Waals surface area contributed by atoms with Crippen molar-refractivity contribution in [3.05, 3.63) is 0 Å². The second-order valence-corrected chi connectivity index (χ2v) is 6.76.